The Morgan fingerprint density at radius 1 is 1.25 bits per heavy atom. The molecule has 1 saturated heterocycles. The molecule has 1 rings (SSSR count). The summed E-state index contributed by atoms with van der Waals surface area (Å²) in [6, 6.07) is 0. The van der Waals surface area contributed by atoms with Gasteiger partial charge in [0.1, 0.15) is 0 Å². The highest BCUT2D eigenvalue weighted by molar-refractivity contribution is 6.19. The largest absolute Gasteiger partial charge is 0.372 e. The minimum absolute atomic E-state index is 0.278. The van der Waals surface area contributed by atoms with Crippen molar-refractivity contribution in [1.29, 1.82) is 0 Å². The SMILES string of the molecule is ClCC1CC(CCl)O1. The molecule has 0 saturated carbocycles. The van der Waals surface area contributed by atoms with Crippen molar-refractivity contribution in [2.75, 3.05) is 11.8 Å². The average molecular weight is 155 g/mol. The topological polar surface area (TPSA) is 9.23 Å². The first-order valence-corrected chi connectivity index (χ1v) is 3.71. The van der Waals surface area contributed by atoms with E-state index in [2.05, 4.69) is 0 Å². The molecule has 1 aliphatic rings. The van der Waals surface area contributed by atoms with E-state index in [0.29, 0.717) is 11.8 Å². The van der Waals surface area contributed by atoms with Gasteiger partial charge >= 0.3 is 0 Å². The summed E-state index contributed by atoms with van der Waals surface area (Å²) in [5.74, 6) is 1.21. The van der Waals surface area contributed by atoms with Crippen LogP contribution in [0.3, 0.4) is 0 Å². The van der Waals surface area contributed by atoms with Crippen LogP contribution >= 0.6 is 23.2 Å². The molecule has 2 atom stereocenters. The van der Waals surface area contributed by atoms with Gasteiger partial charge in [0.05, 0.1) is 12.2 Å². The fourth-order valence-electron chi connectivity index (χ4n) is 0.753. The summed E-state index contributed by atoms with van der Waals surface area (Å²) in [6.45, 7) is 0. The molecule has 1 aliphatic heterocycles. The fourth-order valence-corrected chi connectivity index (χ4v) is 1.15. The maximum absolute atomic E-state index is 5.46. The number of ether oxygens (including phenoxy) is 1. The molecule has 0 aliphatic carbocycles. The number of hydrogen-bond donors (Lipinski definition) is 0. The van der Waals surface area contributed by atoms with Gasteiger partial charge in [0.15, 0.2) is 0 Å². The third kappa shape index (κ3) is 1.28. The van der Waals surface area contributed by atoms with Gasteiger partial charge in [-0.3, -0.25) is 0 Å². The summed E-state index contributed by atoms with van der Waals surface area (Å²) in [7, 11) is 0. The van der Waals surface area contributed by atoms with E-state index in [9.17, 15) is 0 Å². The standard InChI is InChI=1S/C5H8Cl2O/c6-2-4-1-5(3-7)8-4/h4-5H,1-3H2. The van der Waals surface area contributed by atoms with Crippen molar-refractivity contribution in [3.05, 3.63) is 0 Å². The van der Waals surface area contributed by atoms with Crippen molar-refractivity contribution < 1.29 is 4.74 Å². The fraction of sp³-hybridized carbons (Fsp3) is 1.00. The van der Waals surface area contributed by atoms with E-state index in [4.69, 9.17) is 27.9 Å². The second kappa shape index (κ2) is 2.90. The van der Waals surface area contributed by atoms with Gasteiger partial charge in [-0.2, -0.15) is 0 Å². The molecule has 0 amide bonds. The molecule has 1 nitrogen and oxygen atoms in total. The van der Waals surface area contributed by atoms with Crippen molar-refractivity contribution in [2.45, 2.75) is 18.6 Å². The Kier molecular flexibility index (Phi) is 2.42. The number of rotatable bonds is 2. The number of halogens is 2. The lowest BCUT2D eigenvalue weighted by molar-refractivity contribution is -0.0979. The van der Waals surface area contributed by atoms with Crippen molar-refractivity contribution in [3.63, 3.8) is 0 Å². The van der Waals surface area contributed by atoms with Gasteiger partial charge in [0, 0.05) is 18.2 Å². The third-order valence-corrected chi connectivity index (χ3v) is 1.94. The first-order chi connectivity index (χ1) is 3.86. The first kappa shape index (κ1) is 6.66. The summed E-state index contributed by atoms with van der Waals surface area (Å²) in [5, 5.41) is 0. The lowest BCUT2D eigenvalue weighted by Gasteiger charge is -2.33. The summed E-state index contributed by atoms with van der Waals surface area (Å²) >= 11 is 10.9. The molecule has 0 aromatic heterocycles. The van der Waals surface area contributed by atoms with Crippen molar-refractivity contribution in [1.82, 2.24) is 0 Å². The Morgan fingerprint density at radius 3 is 1.88 bits per heavy atom. The van der Waals surface area contributed by atoms with E-state index in [1.165, 1.54) is 0 Å². The summed E-state index contributed by atoms with van der Waals surface area (Å²) in [6.07, 6.45) is 1.59. The molecule has 3 heteroatoms. The Morgan fingerprint density at radius 2 is 1.62 bits per heavy atom. The molecular formula is C5H8Cl2O. The van der Waals surface area contributed by atoms with E-state index in [1.54, 1.807) is 0 Å². The van der Waals surface area contributed by atoms with Gasteiger partial charge in [-0.15, -0.1) is 23.2 Å². The molecule has 0 spiro atoms. The zero-order chi connectivity index (χ0) is 5.98. The minimum atomic E-state index is 0.278. The van der Waals surface area contributed by atoms with Crippen LogP contribution in [-0.4, -0.2) is 24.0 Å². The van der Waals surface area contributed by atoms with Crippen LogP contribution in [0.25, 0.3) is 0 Å². The van der Waals surface area contributed by atoms with E-state index >= 15 is 0 Å². The Balaban J connectivity index is 2.03. The van der Waals surface area contributed by atoms with Crippen molar-refractivity contribution >= 4 is 23.2 Å². The molecule has 1 fully saturated rings. The molecule has 1 heterocycles. The Hall–Kier alpha value is 0.540. The van der Waals surface area contributed by atoms with Crippen LogP contribution in [0.2, 0.25) is 0 Å². The zero-order valence-corrected chi connectivity index (χ0v) is 5.95. The second-order valence-electron chi connectivity index (χ2n) is 1.92. The second-order valence-corrected chi connectivity index (χ2v) is 2.54. The first-order valence-electron chi connectivity index (χ1n) is 2.64. The Bertz CT molecular complexity index is 62.8. The molecule has 2 unspecified atom stereocenters. The van der Waals surface area contributed by atoms with Gasteiger partial charge in [0.2, 0.25) is 0 Å². The van der Waals surface area contributed by atoms with E-state index < -0.39 is 0 Å². The van der Waals surface area contributed by atoms with E-state index in [1.807, 2.05) is 0 Å². The maximum Gasteiger partial charge on any atom is 0.0739 e. The van der Waals surface area contributed by atoms with Crippen LogP contribution in [0.5, 0.6) is 0 Å². The number of hydrogen-bond acceptors (Lipinski definition) is 1. The van der Waals surface area contributed by atoms with Crippen LogP contribution in [0, 0.1) is 0 Å². The molecule has 8 heavy (non-hydrogen) atoms. The summed E-state index contributed by atoms with van der Waals surface area (Å²) < 4.78 is 5.17. The minimum Gasteiger partial charge on any atom is -0.372 e. The zero-order valence-electron chi connectivity index (χ0n) is 4.44. The monoisotopic (exact) mass is 154 g/mol. The van der Waals surface area contributed by atoms with Crippen LogP contribution in [0.4, 0.5) is 0 Å². The molecule has 48 valence electrons. The molecule has 0 radical (unpaired) electrons. The quantitative estimate of drug-likeness (QED) is 0.550. The molecule has 0 aromatic carbocycles. The average Bonchev–Trinajstić information content (AvgIpc) is 1.65. The number of alkyl halides is 2. The van der Waals surface area contributed by atoms with Gasteiger partial charge in [-0.1, -0.05) is 0 Å². The molecule has 0 N–H and O–H groups in total. The Labute approximate surface area is 58.9 Å². The van der Waals surface area contributed by atoms with Crippen LogP contribution in [-0.2, 0) is 4.74 Å². The van der Waals surface area contributed by atoms with Crippen LogP contribution < -0.4 is 0 Å². The summed E-state index contributed by atoms with van der Waals surface area (Å²) in [4.78, 5) is 0. The smallest absolute Gasteiger partial charge is 0.0739 e. The highest BCUT2D eigenvalue weighted by Crippen LogP contribution is 2.21. The lowest BCUT2D eigenvalue weighted by atomic mass is 10.1. The third-order valence-electron chi connectivity index (χ3n) is 1.25. The normalized spacial score (nSPS) is 36.8. The van der Waals surface area contributed by atoms with Gasteiger partial charge in [-0.05, 0) is 0 Å². The maximum atomic E-state index is 5.46. The van der Waals surface area contributed by atoms with Crippen molar-refractivity contribution in [3.8, 4) is 0 Å². The highest BCUT2D eigenvalue weighted by Gasteiger charge is 2.27. The predicted octanol–water partition coefficient (Wildman–Crippen LogP) is 1.62. The molecular weight excluding hydrogens is 147 g/mol. The summed E-state index contributed by atoms with van der Waals surface area (Å²) in [5.41, 5.74) is 0. The van der Waals surface area contributed by atoms with Crippen molar-refractivity contribution in [2.24, 2.45) is 0 Å². The van der Waals surface area contributed by atoms with E-state index in [0.717, 1.165) is 6.42 Å². The molecule has 0 aromatic rings. The highest BCUT2D eigenvalue weighted by atomic mass is 35.5. The lowest BCUT2D eigenvalue weighted by Crippen LogP contribution is -2.39. The van der Waals surface area contributed by atoms with E-state index in [-0.39, 0.29) is 12.2 Å². The van der Waals surface area contributed by atoms with Crippen LogP contribution in [0.15, 0.2) is 0 Å². The van der Waals surface area contributed by atoms with Gasteiger partial charge < -0.3 is 4.74 Å². The van der Waals surface area contributed by atoms with Crippen LogP contribution in [0.1, 0.15) is 6.42 Å². The van der Waals surface area contributed by atoms with Gasteiger partial charge in [-0.25, -0.2) is 0 Å². The molecule has 0 bridgehead atoms. The predicted molar refractivity (Wildman–Crippen MR) is 34.7 cm³/mol. The van der Waals surface area contributed by atoms with Gasteiger partial charge in [0.25, 0.3) is 0 Å².